The number of phenols is 1. The number of likely N-dealkylation sites (N-methyl/N-ethyl adjacent to an activating group) is 1. The van der Waals surface area contributed by atoms with Gasteiger partial charge in [0.05, 0.1) is 5.60 Å². The number of phenolic OH excluding ortho intramolecular Hbond substituents is 1. The first-order chi connectivity index (χ1) is 8.65. The largest absolute Gasteiger partial charge is 1.00 e. The van der Waals surface area contributed by atoms with E-state index in [2.05, 4.69) is 5.32 Å². The lowest BCUT2D eigenvalue weighted by molar-refractivity contribution is -0.0211. The molecule has 0 radical (unpaired) electrons. The zero-order chi connectivity index (χ0) is 13.0. The van der Waals surface area contributed by atoms with Crippen molar-refractivity contribution in [3.8, 4) is 5.75 Å². The third-order valence-corrected chi connectivity index (χ3v) is 4.07. The summed E-state index contributed by atoms with van der Waals surface area (Å²) in [6, 6.07) is 7.24. The zero-order valence-corrected chi connectivity index (χ0v) is 12.2. The Morgan fingerprint density at radius 2 is 1.74 bits per heavy atom. The number of hydrogen-bond donors (Lipinski definition) is 3. The molecular weight excluding hydrogens is 262 g/mol. The van der Waals surface area contributed by atoms with Crippen LogP contribution < -0.4 is 17.7 Å². The summed E-state index contributed by atoms with van der Waals surface area (Å²) in [6.45, 7) is 0.765. The first kappa shape index (κ1) is 16.3. The van der Waals surface area contributed by atoms with Crippen molar-refractivity contribution in [1.29, 1.82) is 0 Å². The van der Waals surface area contributed by atoms with E-state index in [0.717, 1.165) is 37.8 Å². The van der Waals surface area contributed by atoms with Gasteiger partial charge in [-0.1, -0.05) is 31.4 Å². The number of rotatable bonds is 4. The second kappa shape index (κ2) is 7.13. The van der Waals surface area contributed by atoms with Crippen LogP contribution in [0, 0.1) is 0 Å². The number of aromatic hydroxyl groups is 1. The van der Waals surface area contributed by atoms with Crippen LogP contribution in [0.5, 0.6) is 5.75 Å². The Morgan fingerprint density at radius 1 is 1.16 bits per heavy atom. The van der Waals surface area contributed by atoms with Gasteiger partial charge in [-0.2, -0.15) is 0 Å². The summed E-state index contributed by atoms with van der Waals surface area (Å²) >= 11 is 0. The highest BCUT2D eigenvalue weighted by Crippen LogP contribution is 2.39. The molecule has 2 rings (SSSR count). The molecule has 0 spiro atoms. The van der Waals surface area contributed by atoms with Crippen LogP contribution in [0.1, 0.15) is 43.6 Å². The van der Waals surface area contributed by atoms with Crippen LogP contribution in [0.25, 0.3) is 0 Å². The number of nitrogens with one attached hydrogen (secondary N) is 1. The van der Waals surface area contributed by atoms with Crippen molar-refractivity contribution in [3.63, 3.8) is 0 Å². The highest BCUT2D eigenvalue weighted by Gasteiger charge is 2.38. The minimum absolute atomic E-state index is 0. The van der Waals surface area contributed by atoms with Gasteiger partial charge in [-0.25, -0.2) is 0 Å². The van der Waals surface area contributed by atoms with Gasteiger partial charge in [-0.05, 0) is 37.6 Å². The van der Waals surface area contributed by atoms with Crippen molar-refractivity contribution >= 4 is 0 Å². The summed E-state index contributed by atoms with van der Waals surface area (Å²) in [4.78, 5) is 0. The first-order valence-electron chi connectivity index (χ1n) is 6.81. The quantitative estimate of drug-likeness (QED) is 0.692. The van der Waals surface area contributed by atoms with Crippen molar-refractivity contribution in [2.24, 2.45) is 0 Å². The number of hydrogen-bond acceptors (Lipinski definition) is 3. The Bertz CT molecular complexity index is 374. The fraction of sp³-hybridized carbons (Fsp3) is 0.600. The van der Waals surface area contributed by atoms with E-state index in [1.165, 1.54) is 6.42 Å². The summed E-state index contributed by atoms with van der Waals surface area (Å²) in [5, 5.41) is 23.4. The summed E-state index contributed by atoms with van der Waals surface area (Å²) < 4.78 is 0. The molecule has 0 aromatic heterocycles. The normalized spacial score (nSPS) is 19.5. The predicted octanol–water partition coefficient (Wildman–Crippen LogP) is -0.606. The van der Waals surface area contributed by atoms with Crippen molar-refractivity contribution in [3.05, 3.63) is 29.8 Å². The lowest BCUT2D eigenvalue weighted by atomic mass is 9.73. The smallest absolute Gasteiger partial charge is 0.115 e. The Kier molecular flexibility index (Phi) is 6.11. The average molecular weight is 285 g/mol. The Balaban J connectivity index is 0.00000180. The fourth-order valence-electron chi connectivity index (χ4n) is 3.04. The number of benzene rings is 1. The van der Waals surface area contributed by atoms with Gasteiger partial charge >= 0.3 is 0 Å². The van der Waals surface area contributed by atoms with Crippen LogP contribution in [-0.4, -0.2) is 29.4 Å². The first-order valence-corrected chi connectivity index (χ1v) is 6.81. The summed E-state index contributed by atoms with van der Waals surface area (Å²) in [6.07, 6.45) is 5.19. The minimum atomic E-state index is -0.599. The molecule has 1 fully saturated rings. The molecule has 108 valence electrons. The molecule has 1 aromatic rings. The van der Waals surface area contributed by atoms with Crippen molar-refractivity contribution < 1.29 is 22.6 Å². The molecule has 3 N–H and O–H groups in total. The Hall–Kier alpha value is -0.770. The lowest BCUT2D eigenvalue weighted by Crippen LogP contribution is -3.00. The average Bonchev–Trinajstić information content (AvgIpc) is 2.38. The van der Waals surface area contributed by atoms with E-state index in [0.29, 0.717) is 0 Å². The van der Waals surface area contributed by atoms with E-state index in [1.807, 2.05) is 19.2 Å². The molecule has 19 heavy (non-hydrogen) atoms. The van der Waals surface area contributed by atoms with Crippen LogP contribution in [0.3, 0.4) is 0 Å². The Labute approximate surface area is 121 Å². The molecular formula is C15H23ClNO2-. The van der Waals surface area contributed by atoms with Crippen LogP contribution >= 0.6 is 0 Å². The highest BCUT2D eigenvalue weighted by molar-refractivity contribution is 5.30. The van der Waals surface area contributed by atoms with Gasteiger partial charge in [0.15, 0.2) is 0 Å². The maximum absolute atomic E-state index is 10.9. The second-order valence-electron chi connectivity index (χ2n) is 5.37. The van der Waals surface area contributed by atoms with E-state index < -0.39 is 5.60 Å². The molecule has 1 aromatic carbocycles. The third kappa shape index (κ3) is 3.85. The zero-order valence-electron chi connectivity index (χ0n) is 11.4. The van der Waals surface area contributed by atoms with Crippen molar-refractivity contribution in [1.82, 2.24) is 5.32 Å². The van der Waals surface area contributed by atoms with Crippen LogP contribution in [0.4, 0.5) is 0 Å². The van der Waals surface area contributed by atoms with Gasteiger partial charge in [-0.3, -0.25) is 0 Å². The van der Waals surface area contributed by atoms with E-state index in [-0.39, 0.29) is 24.1 Å². The highest BCUT2D eigenvalue weighted by atomic mass is 35.5. The SMILES string of the molecule is CNCC(c1ccc(O)cc1)C1(O)CCCCC1.[Cl-]. The second-order valence-corrected chi connectivity index (χ2v) is 5.37. The lowest BCUT2D eigenvalue weighted by Gasteiger charge is -2.39. The molecule has 1 unspecified atom stereocenters. The van der Waals surface area contributed by atoms with Gasteiger partial charge in [0.1, 0.15) is 5.75 Å². The maximum atomic E-state index is 10.9. The van der Waals surface area contributed by atoms with Gasteiger partial charge in [0.25, 0.3) is 0 Å². The molecule has 0 saturated heterocycles. The summed E-state index contributed by atoms with van der Waals surface area (Å²) in [7, 11) is 1.92. The molecule has 1 saturated carbocycles. The molecule has 0 heterocycles. The maximum Gasteiger partial charge on any atom is 0.115 e. The fourth-order valence-corrected chi connectivity index (χ4v) is 3.04. The number of halogens is 1. The number of aliphatic hydroxyl groups is 1. The molecule has 1 atom stereocenters. The molecule has 0 aliphatic heterocycles. The molecule has 1 aliphatic rings. The monoisotopic (exact) mass is 284 g/mol. The van der Waals surface area contributed by atoms with E-state index in [1.54, 1.807) is 12.1 Å². The Morgan fingerprint density at radius 3 is 2.26 bits per heavy atom. The van der Waals surface area contributed by atoms with Crippen molar-refractivity contribution in [2.75, 3.05) is 13.6 Å². The molecule has 1 aliphatic carbocycles. The summed E-state index contributed by atoms with van der Waals surface area (Å²) in [5.74, 6) is 0.376. The van der Waals surface area contributed by atoms with Crippen LogP contribution in [-0.2, 0) is 0 Å². The third-order valence-electron chi connectivity index (χ3n) is 4.07. The standard InChI is InChI=1S/C15H23NO2.ClH/c1-16-11-14(12-5-7-13(17)8-6-12)15(18)9-3-2-4-10-15;/h5-8,14,16-18H,2-4,9-11H2,1H3;1H/p-1. The molecule has 0 bridgehead atoms. The molecule has 4 heteroatoms. The molecule has 3 nitrogen and oxygen atoms in total. The molecule has 0 amide bonds. The van der Waals surface area contributed by atoms with Crippen LogP contribution in [0.15, 0.2) is 24.3 Å². The van der Waals surface area contributed by atoms with Gasteiger partial charge in [0.2, 0.25) is 0 Å². The predicted molar refractivity (Wildman–Crippen MR) is 72.8 cm³/mol. The minimum Gasteiger partial charge on any atom is -1.00 e. The van der Waals surface area contributed by atoms with E-state index >= 15 is 0 Å². The van der Waals surface area contributed by atoms with Gasteiger partial charge in [0, 0.05) is 12.5 Å². The van der Waals surface area contributed by atoms with E-state index in [4.69, 9.17) is 0 Å². The van der Waals surface area contributed by atoms with Crippen molar-refractivity contribution in [2.45, 2.75) is 43.6 Å². The summed E-state index contributed by atoms with van der Waals surface area (Å²) in [5.41, 5.74) is 0.504. The van der Waals surface area contributed by atoms with Crippen LogP contribution in [0.2, 0.25) is 0 Å². The van der Waals surface area contributed by atoms with Gasteiger partial charge < -0.3 is 27.9 Å². The topological polar surface area (TPSA) is 52.5 Å². The van der Waals surface area contributed by atoms with Gasteiger partial charge in [-0.15, -0.1) is 0 Å². The van der Waals surface area contributed by atoms with E-state index in [9.17, 15) is 10.2 Å².